The van der Waals surface area contributed by atoms with Crippen LogP contribution in [-0.2, 0) is 0 Å². The highest BCUT2D eigenvalue weighted by Gasteiger charge is 1.73. The van der Waals surface area contributed by atoms with Gasteiger partial charge in [0.2, 0.25) is 0 Å². The quantitative estimate of drug-likeness (QED) is 0.544. The van der Waals surface area contributed by atoms with E-state index in [4.69, 9.17) is 0 Å². The Morgan fingerprint density at radius 2 is 1.50 bits per heavy atom. The van der Waals surface area contributed by atoms with Crippen LogP contribution in [0.15, 0.2) is 35.2 Å². The van der Waals surface area contributed by atoms with Gasteiger partial charge in [-0.2, -0.15) is 0 Å². The van der Waals surface area contributed by atoms with Crippen molar-refractivity contribution in [3.05, 3.63) is 30.3 Å². The minimum atomic E-state index is 1.02. The summed E-state index contributed by atoms with van der Waals surface area (Å²) < 4.78 is 0. The minimum Gasteiger partial charge on any atom is -0.143 e. The summed E-state index contributed by atoms with van der Waals surface area (Å²) in [7, 11) is 0. The van der Waals surface area contributed by atoms with Crippen LogP contribution >= 0.6 is 12.6 Å². The van der Waals surface area contributed by atoms with Gasteiger partial charge in [-0.25, -0.2) is 0 Å². The molecule has 0 amide bonds. The summed E-state index contributed by atoms with van der Waals surface area (Å²) in [4.78, 5) is 1.02. The molecule has 0 fully saturated rings. The predicted octanol–water partition coefficient (Wildman–Crippen LogP) is 3.39. The molecule has 1 heteroatoms. The largest absolute Gasteiger partial charge is 0.143 e. The molecule has 0 saturated carbocycles. The first kappa shape index (κ1) is 9.57. The molecule has 56 valence electrons. The van der Waals surface area contributed by atoms with Gasteiger partial charge in [0.15, 0.2) is 0 Å². The fourth-order valence-corrected chi connectivity index (χ4v) is 0.600. The van der Waals surface area contributed by atoms with Gasteiger partial charge in [0.25, 0.3) is 0 Å². The van der Waals surface area contributed by atoms with E-state index < -0.39 is 0 Å². The van der Waals surface area contributed by atoms with Crippen molar-refractivity contribution in [3.63, 3.8) is 0 Å². The zero-order valence-corrected chi connectivity index (χ0v) is 7.44. The number of rotatable bonds is 0. The first-order valence-electron chi connectivity index (χ1n) is 3.55. The van der Waals surface area contributed by atoms with Gasteiger partial charge in [0, 0.05) is 4.90 Å². The van der Waals surface area contributed by atoms with E-state index in [-0.39, 0.29) is 0 Å². The van der Waals surface area contributed by atoms with Crippen molar-refractivity contribution >= 4 is 12.6 Å². The maximum absolute atomic E-state index is 4.08. The molecule has 1 rings (SSSR count). The fraction of sp³-hybridized carbons (Fsp3) is 0.333. The monoisotopic (exact) mass is 154 g/mol. The second-order valence-electron chi connectivity index (χ2n) is 2.04. The Labute approximate surface area is 68.7 Å². The van der Waals surface area contributed by atoms with Gasteiger partial charge >= 0.3 is 0 Å². The molecule has 1 aromatic rings. The molecule has 0 saturated heterocycles. The van der Waals surface area contributed by atoms with Gasteiger partial charge in [-0.1, -0.05) is 38.5 Å². The highest BCUT2D eigenvalue weighted by molar-refractivity contribution is 7.80. The van der Waals surface area contributed by atoms with Crippen LogP contribution in [0.3, 0.4) is 0 Å². The van der Waals surface area contributed by atoms with Gasteiger partial charge in [0.1, 0.15) is 0 Å². The Hall–Kier alpha value is -0.430. The smallest absolute Gasteiger partial charge is 0.00399 e. The number of hydrogen-bond acceptors (Lipinski definition) is 1. The van der Waals surface area contributed by atoms with Crippen molar-refractivity contribution in [3.8, 4) is 0 Å². The van der Waals surface area contributed by atoms with Crippen LogP contribution in [0.4, 0.5) is 0 Å². The van der Waals surface area contributed by atoms with E-state index in [9.17, 15) is 0 Å². The SMILES string of the molecule is CCC.Sc1ccccc1. The Morgan fingerprint density at radius 1 is 1.10 bits per heavy atom. The third-order valence-corrected chi connectivity index (χ3v) is 1.05. The molecule has 10 heavy (non-hydrogen) atoms. The van der Waals surface area contributed by atoms with Gasteiger partial charge in [-0.15, -0.1) is 12.6 Å². The number of benzene rings is 1. The summed E-state index contributed by atoms with van der Waals surface area (Å²) in [6.07, 6.45) is 1.25. The third kappa shape index (κ3) is 5.70. The van der Waals surface area contributed by atoms with Crippen LogP contribution < -0.4 is 0 Å². The molecule has 0 radical (unpaired) electrons. The average molecular weight is 154 g/mol. The molecule has 0 N–H and O–H groups in total. The minimum absolute atomic E-state index is 1.02. The molecule has 0 aliphatic rings. The molecule has 0 nitrogen and oxygen atoms in total. The average Bonchev–Trinajstić information content (AvgIpc) is 1.91. The van der Waals surface area contributed by atoms with Crippen LogP contribution in [0.1, 0.15) is 20.3 Å². The first-order valence-corrected chi connectivity index (χ1v) is 4.00. The topological polar surface area (TPSA) is 0 Å². The van der Waals surface area contributed by atoms with Crippen LogP contribution in [-0.4, -0.2) is 0 Å². The molecular weight excluding hydrogens is 140 g/mol. The van der Waals surface area contributed by atoms with Crippen molar-refractivity contribution in [2.45, 2.75) is 25.2 Å². The van der Waals surface area contributed by atoms with E-state index in [1.54, 1.807) is 0 Å². The molecule has 0 aliphatic heterocycles. The lowest BCUT2D eigenvalue weighted by Crippen LogP contribution is -1.56. The normalized spacial score (nSPS) is 7.90. The zero-order valence-electron chi connectivity index (χ0n) is 6.54. The zero-order chi connectivity index (χ0) is 7.82. The fourth-order valence-electron chi connectivity index (χ4n) is 0.428. The highest BCUT2D eigenvalue weighted by atomic mass is 32.1. The van der Waals surface area contributed by atoms with E-state index in [0.29, 0.717) is 0 Å². The van der Waals surface area contributed by atoms with Crippen molar-refractivity contribution in [2.24, 2.45) is 0 Å². The van der Waals surface area contributed by atoms with Gasteiger partial charge in [-0.3, -0.25) is 0 Å². The molecular formula is C9H14S. The summed E-state index contributed by atoms with van der Waals surface area (Å²) in [5, 5.41) is 0. The van der Waals surface area contributed by atoms with Gasteiger partial charge in [-0.05, 0) is 12.1 Å². The van der Waals surface area contributed by atoms with E-state index in [1.807, 2.05) is 30.3 Å². The van der Waals surface area contributed by atoms with E-state index in [1.165, 1.54) is 6.42 Å². The van der Waals surface area contributed by atoms with Crippen LogP contribution in [0.25, 0.3) is 0 Å². The lowest BCUT2D eigenvalue weighted by molar-refractivity contribution is 1.09. The summed E-state index contributed by atoms with van der Waals surface area (Å²) in [6.45, 7) is 4.25. The van der Waals surface area contributed by atoms with Crippen molar-refractivity contribution in [2.75, 3.05) is 0 Å². The third-order valence-electron chi connectivity index (χ3n) is 0.756. The summed E-state index contributed by atoms with van der Waals surface area (Å²) in [5.74, 6) is 0. The molecule has 0 atom stereocenters. The second-order valence-corrected chi connectivity index (χ2v) is 2.56. The van der Waals surface area contributed by atoms with E-state index in [2.05, 4.69) is 26.5 Å². The van der Waals surface area contributed by atoms with E-state index in [0.717, 1.165) is 4.90 Å². The molecule has 0 heterocycles. The molecule has 1 aromatic carbocycles. The Kier molecular flexibility index (Phi) is 6.40. The first-order chi connectivity index (χ1) is 4.81. The second kappa shape index (κ2) is 6.69. The maximum Gasteiger partial charge on any atom is 0.00399 e. The standard InChI is InChI=1S/C6H6S.C3H8/c7-6-4-2-1-3-5-6;1-3-2/h1-5,7H;3H2,1-2H3. The molecule has 0 aromatic heterocycles. The van der Waals surface area contributed by atoms with Crippen LogP contribution in [0, 0.1) is 0 Å². The number of thiol groups is 1. The lowest BCUT2D eigenvalue weighted by Gasteiger charge is -1.81. The molecule has 0 bridgehead atoms. The molecule has 0 unspecified atom stereocenters. The number of hydrogen-bond donors (Lipinski definition) is 1. The lowest BCUT2D eigenvalue weighted by atomic mass is 10.4. The summed E-state index contributed by atoms with van der Waals surface area (Å²) >= 11 is 4.08. The van der Waals surface area contributed by atoms with Gasteiger partial charge < -0.3 is 0 Å². The summed E-state index contributed by atoms with van der Waals surface area (Å²) in [6, 6.07) is 9.79. The maximum atomic E-state index is 4.08. The molecule has 0 aliphatic carbocycles. The highest BCUT2D eigenvalue weighted by Crippen LogP contribution is 2.00. The van der Waals surface area contributed by atoms with Crippen LogP contribution in [0.2, 0.25) is 0 Å². The predicted molar refractivity (Wildman–Crippen MR) is 49.7 cm³/mol. The van der Waals surface area contributed by atoms with Crippen LogP contribution in [0.5, 0.6) is 0 Å². The Bertz CT molecular complexity index is 146. The van der Waals surface area contributed by atoms with Gasteiger partial charge in [0.05, 0.1) is 0 Å². The Morgan fingerprint density at radius 3 is 1.70 bits per heavy atom. The Balaban J connectivity index is 0.000000236. The van der Waals surface area contributed by atoms with Crippen molar-refractivity contribution in [1.82, 2.24) is 0 Å². The molecule has 0 spiro atoms. The van der Waals surface area contributed by atoms with Crippen molar-refractivity contribution in [1.29, 1.82) is 0 Å². The van der Waals surface area contributed by atoms with E-state index >= 15 is 0 Å². The van der Waals surface area contributed by atoms with Crippen molar-refractivity contribution < 1.29 is 0 Å². The summed E-state index contributed by atoms with van der Waals surface area (Å²) in [5.41, 5.74) is 0.